The van der Waals surface area contributed by atoms with E-state index in [2.05, 4.69) is 20.9 Å². The molecule has 0 amide bonds. The summed E-state index contributed by atoms with van der Waals surface area (Å²) in [5, 5.41) is 8.51. The number of aromatic nitrogens is 1. The fourth-order valence-electron chi connectivity index (χ4n) is 1.11. The normalized spacial score (nSPS) is 10.1. The number of hydrogen-bond acceptors (Lipinski definition) is 3. The molecule has 15 heavy (non-hydrogen) atoms. The van der Waals surface area contributed by atoms with E-state index in [0.717, 1.165) is 0 Å². The number of ether oxygens (including phenoxy) is 1. The Morgan fingerprint density at radius 2 is 2.33 bits per heavy atom. The van der Waals surface area contributed by atoms with Crippen molar-refractivity contribution in [2.75, 3.05) is 7.11 Å². The summed E-state index contributed by atoms with van der Waals surface area (Å²) >= 11 is 2.93. The molecule has 80 valence electrons. The summed E-state index contributed by atoms with van der Waals surface area (Å²) in [6.45, 7) is 0. The van der Waals surface area contributed by atoms with Gasteiger partial charge in [0.05, 0.1) is 25.2 Å². The summed E-state index contributed by atoms with van der Waals surface area (Å²) in [5.74, 6) is 0.205. The molecule has 1 aromatic rings. The summed E-state index contributed by atoms with van der Waals surface area (Å²) in [6, 6.07) is 3.16. The Morgan fingerprint density at radius 3 is 2.80 bits per heavy atom. The van der Waals surface area contributed by atoms with Crippen LogP contribution in [0, 0.1) is 11.3 Å². The fourth-order valence-corrected chi connectivity index (χ4v) is 1.72. The van der Waals surface area contributed by atoms with E-state index in [1.165, 1.54) is 13.2 Å². The Balaban J connectivity index is 3.30. The Kier molecular flexibility index (Phi) is 3.97. The highest BCUT2D eigenvalue weighted by Crippen LogP contribution is 2.31. The molecular formula is C9H7BrF2N2O. The number of nitriles is 1. The number of hydrogen-bond donors (Lipinski definition) is 0. The quantitative estimate of drug-likeness (QED) is 0.798. The smallest absolute Gasteiger partial charge is 0.266 e. The molecule has 6 heteroatoms. The van der Waals surface area contributed by atoms with Crippen molar-refractivity contribution in [1.29, 1.82) is 5.26 Å². The molecule has 3 nitrogen and oxygen atoms in total. The fraction of sp³-hybridized carbons (Fsp3) is 0.333. The van der Waals surface area contributed by atoms with Crippen molar-refractivity contribution in [2.24, 2.45) is 0 Å². The third-order valence-electron chi connectivity index (χ3n) is 1.77. The molecule has 0 aliphatic rings. The Morgan fingerprint density at radius 1 is 1.67 bits per heavy atom. The van der Waals surface area contributed by atoms with E-state index in [1.807, 2.05) is 6.07 Å². The van der Waals surface area contributed by atoms with E-state index in [-0.39, 0.29) is 28.0 Å². The summed E-state index contributed by atoms with van der Waals surface area (Å²) < 4.78 is 30.1. The highest BCUT2D eigenvalue weighted by molar-refractivity contribution is 9.10. The molecule has 1 aromatic heterocycles. The van der Waals surface area contributed by atoms with Crippen LogP contribution in [0.3, 0.4) is 0 Å². The molecule has 1 rings (SSSR count). The first-order chi connectivity index (χ1) is 7.10. The van der Waals surface area contributed by atoms with Gasteiger partial charge >= 0.3 is 0 Å². The molecule has 0 spiro atoms. The molecule has 0 N–H and O–H groups in total. The summed E-state index contributed by atoms with van der Waals surface area (Å²) in [5.41, 5.74) is -0.0245. The lowest BCUT2D eigenvalue weighted by Gasteiger charge is -2.09. The van der Waals surface area contributed by atoms with Gasteiger partial charge in [0.15, 0.2) is 0 Å². The maximum atomic E-state index is 12.6. The van der Waals surface area contributed by atoms with E-state index in [4.69, 9.17) is 10.00 Å². The van der Waals surface area contributed by atoms with Crippen LogP contribution in [0.4, 0.5) is 8.78 Å². The predicted molar refractivity (Wildman–Crippen MR) is 52.8 cm³/mol. The van der Waals surface area contributed by atoms with Gasteiger partial charge in [-0.2, -0.15) is 5.26 Å². The van der Waals surface area contributed by atoms with Crippen molar-refractivity contribution >= 4 is 15.9 Å². The van der Waals surface area contributed by atoms with Crippen molar-refractivity contribution in [3.05, 3.63) is 21.8 Å². The van der Waals surface area contributed by atoms with Crippen LogP contribution in [0.15, 0.2) is 10.7 Å². The lowest BCUT2D eigenvalue weighted by molar-refractivity contribution is 0.149. The van der Waals surface area contributed by atoms with Gasteiger partial charge in [0.1, 0.15) is 4.60 Å². The molecule has 0 aliphatic carbocycles. The first-order valence-corrected chi connectivity index (χ1v) is 4.77. The number of rotatable bonds is 3. The van der Waals surface area contributed by atoms with Crippen molar-refractivity contribution < 1.29 is 13.5 Å². The highest BCUT2D eigenvalue weighted by atomic mass is 79.9. The van der Waals surface area contributed by atoms with Crippen LogP contribution in [-0.2, 0) is 6.42 Å². The predicted octanol–water partition coefficient (Wildman–Crippen LogP) is 2.86. The average molecular weight is 277 g/mol. The van der Waals surface area contributed by atoms with Gasteiger partial charge in [-0.25, -0.2) is 13.8 Å². The van der Waals surface area contributed by atoms with Gasteiger partial charge < -0.3 is 4.74 Å². The summed E-state index contributed by atoms with van der Waals surface area (Å²) in [4.78, 5) is 3.76. The van der Waals surface area contributed by atoms with Crippen molar-refractivity contribution in [2.45, 2.75) is 12.8 Å². The topological polar surface area (TPSA) is 45.9 Å². The van der Waals surface area contributed by atoms with E-state index in [0.29, 0.717) is 0 Å². The minimum absolute atomic E-state index is 0.0158. The van der Waals surface area contributed by atoms with Crippen LogP contribution in [0.5, 0.6) is 5.88 Å². The Hall–Kier alpha value is -1.22. The number of halogens is 3. The first-order valence-electron chi connectivity index (χ1n) is 3.98. The molecule has 0 radical (unpaired) electrons. The second-order valence-corrected chi connectivity index (χ2v) is 3.41. The van der Waals surface area contributed by atoms with E-state index in [1.54, 1.807) is 0 Å². The molecule has 0 bridgehead atoms. The summed E-state index contributed by atoms with van der Waals surface area (Å²) in [7, 11) is 1.38. The van der Waals surface area contributed by atoms with E-state index < -0.39 is 6.43 Å². The SMILES string of the molecule is COc1cc(CC#N)c(C(F)F)c(Br)n1. The molecule has 0 fully saturated rings. The monoisotopic (exact) mass is 276 g/mol. The van der Waals surface area contributed by atoms with Gasteiger partial charge in [-0.15, -0.1) is 0 Å². The number of alkyl halides is 2. The molecule has 0 aromatic carbocycles. The highest BCUT2D eigenvalue weighted by Gasteiger charge is 2.19. The second kappa shape index (κ2) is 5.03. The minimum Gasteiger partial charge on any atom is -0.481 e. The second-order valence-electron chi connectivity index (χ2n) is 2.66. The lowest BCUT2D eigenvalue weighted by atomic mass is 10.1. The molecular weight excluding hydrogens is 270 g/mol. The molecule has 0 aliphatic heterocycles. The maximum absolute atomic E-state index is 12.6. The van der Waals surface area contributed by atoms with Crippen LogP contribution in [-0.4, -0.2) is 12.1 Å². The first kappa shape index (κ1) is 11.9. The van der Waals surface area contributed by atoms with Crippen LogP contribution in [0.1, 0.15) is 17.6 Å². The summed E-state index contributed by atoms with van der Waals surface area (Å²) in [6.07, 6.45) is -2.77. The van der Waals surface area contributed by atoms with Crippen LogP contribution >= 0.6 is 15.9 Å². The third-order valence-corrected chi connectivity index (χ3v) is 2.38. The zero-order valence-corrected chi connectivity index (χ0v) is 9.38. The Bertz CT molecular complexity index is 404. The van der Waals surface area contributed by atoms with Crippen molar-refractivity contribution in [1.82, 2.24) is 4.98 Å². The number of nitrogens with zero attached hydrogens (tertiary/aromatic N) is 2. The molecule has 0 atom stereocenters. The lowest BCUT2D eigenvalue weighted by Crippen LogP contribution is -2.00. The number of pyridine rings is 1. The van der Waals surface area contributed by atoms with Crippen LogP contribution < -0.4 is 4.74 Å². The van der Waals surface area contributed by atoms with Gasteiger partial charge in [0.2, 0.25) is 5.88 Å². The van der Waals surface area contributed by atoms with Gasteiger partial charge in [-0.1, -0.05) is 0 Å². The zero-order valence-electron chi connectivity index (χ0n) is 7.80. The van der Waals surface area contributed by atoms with E-state index in [9.17, 15) is 8.78 Å². The van der Waals surface area contributed by atoms with Crippen molar-refractivity contribution in [3.8, 4) is 11.9 Å². The zero-order chi connectivity index (χ0) is 11.4. The van der Waals surface area contributed by atoms with Crippen LogP contribution in [0.2, 0.25) is 0 Å². The molecule has 1 heterocycles. The number of methoxy groups -OCH3 is 1. The molecule has 0 saturated carbocycles. The average Bonchev–Trinajstić information content (AvgIpc) is 2.16. The molecule has 0 saturated heterocycles. The van der Waals surface area contributed by atoms with Gasteiger partial charge in [0.25, 0.3) is 6.43 Å². The van der Waals surface area contributed by atoms with Crippen LogP contribution in [0.25, 0.3) is 0 Å². The minimum atomic E-state index is -2.67. The Labute approximate surface area is 93.8 Å². The van der Waals surface area contributed by atoms with Gasteiger partial charge in [-0.05, 0) is 21.5 Å². The maximum Gasteiger partial charge on any atom is 0.266 e. The molecule has 0 unspecified atom stereocenters. The van der Waals surface area contributed by atoms with E-state index >= 15 is 0 Å². The van der Waals surface area contributed by atoms with Gasteiger partial charge in [0, 0.05) is 6.07 Å². The van der Waals surface area contributed by atoms with Gasteiger partial charge in [-0.3, -0.25) is 0 Å². The largest absolute Gasteiger partial charge is 0.481 e. The third kappa shape index (κ3) is 2.63. The standard InChI is InChI=1S/C9H7BrF2N2O/c1-15-6-4-5(2-3-13)7(9(11)12)8(10)14-6/h4,9H,2H2,1H3. The van der Waals surface area contributed by atoms with Crippen molar-refractivity contribution in [3.63, 3.8) is 0 Å².